The van der Waals surface area contributed by atoms with Crippen LogP contribution in [0.3, 0.4) is 0 Å². The number of hydrogen-bond acceptors (Lipinski definition) is 4. The highest BCUT2D eigenvalue weighted by molar-refractivity contribution is 5.88. The van der Waals surface area contributed by atoms with E-state index in [9.17, 15) is 14.7 Å². The van der Waals surface area contributed by atoms with Crippen LogP contribution in [-0.2, 0) is 9.47 Å². The maximum atomic E-state index is 12.5. The number of carbonyl (C=O) groups is 1. The number of aryl methyl sites for hydroxylation is 1. The lowest BCUT2D eigenvalue weighted by Gasteiger charge is -2.43. The summed E-state index contributed by atoms with van der Waals surface area (Å²) in [4.78, 5) is 23.8. The Labute approximate surface area is 128 Å². The predicted octanol–water partition coefficient (Wildman–Crippen LogP) is 1.76. The van der Waals surface area contributed by atoms with Crippen molar-refractivity contribution in [1.82, 2.24) is 4.57 Å². The third-order valence-corrected chi connectivity index (χ3v) is 4.81. The van der Waals surface area contributed by atoms with Crippen molar-refractivity contribution in [2.45, 2.75) is 44.2 Å². The minimum atomic E-state index is -1.16. The number of aromatic carboxylic acids is 1. The second-order valence-corrected chi connectivity index (χ2v) is 6.18. The molecular formula is C16H21NO5. The van der Waals surface area contributed by atoms with Crippen molar-refractivity contribution in [3.63, 3.8) is 0 Å². The summed E-state index contributed by atoms with van der Waals surface area (Å²) in [6, 6.07) is 1.69. The van der Waals surface area contributed by atoms with Crippen molar-refractivity contribution in [3.8, 4) is 0 Å². The van der Waals surface area contributed by atoms with Crippen LogP contribution in [0.4, 0.5) is 0 Å². The zero-order valence-electron chi connectivity index (χ0n) is 12.7. The van der Waals surface area contributed by atoms with Crippen molar-refractivity contribution < 1.29 is 19.4 Å². The van der Waals surface area contributed by atoms with Crippen LogP contribution in [0.25, 0.3) is 0 Å². The summed E-state index contributed by atoms with van der Waals surface area (Å²) < 4.78 is 13.0. The Morgan fingerprint density at radius 1 is 1.36 bits per heavy atom. The van der Waals surface area contributed by atoms with E-state index in [4.69, 9.17) is 9.47 Å². The van der Waals surface area contributed by atoms with E-state index in [2.05, 4.69) is 0 Å². The molecule has 1 unspecified atom stereocenters. The number of nitrogens with zero attached hydrogens (tertiary/aromatic N) is 1. The Bertz CT molecular complexity index is 624. The van der Waals surface area contributed by atoms with Gasteiger partial charge in [0.25, 0.3) is 5.56 Å². The normalized spacial score (nSPS) is 24.3. The van der Waals surface area contributed by atoms with Crippen LogP contribution in [0.15, 0.2) is 17.1 Å². The first kappa shape index (κ1) is 15.2. The van der Waals surface area contributed by atoms with Gasteiger partial charge < -0.3 is 19.1 Å². The van der Waals surface area contributed by atoms with E-state index in [0.29, 0.717) is 25.4 Å². The molecule has 3 heterocycles. The molecule has 0 radical (unpaired) electrons. The summed E-state index contributed by atoms with van der Waals surface area (Å²) in [6.45, 7) is 3.60. The molecule has 1 aromatic heterocycles. The zero-order valence-corrected chi connectivity index (χ0v) is 12.7. The van der Waals surface area contributed by atoms with E-state index in [-0.39, 0.29) is 17.2 Å². The SMILES string of the molecule is Cc1ccn(C2CCOC3(CCOCC3)C2)c(=O)c1C(=O)O. The topological polar surface area (TPSA) is 77.8 Å². The molecule has 0 aliphatic carbocycles. The fraction of sp³-hybridized carbons (Fsp3) is 0.625. The van der Waals surface area contributed by atoms with Crippen LogP contribution in [0.5, 0.6) is 0 Å². The molecule has 1 N–H and O–H groups in total. The molecule has 0 saturated carbocycles. The first-order chi connectivity index (χ1) is 10.5. The van der Waals surface area contributed by atoms with Crippen LogP contribution >= 0.6 is 0 Å². The Morgan fingerprint density at radius 3 is 2.77 bits per heavy atom. The van der Waals surface area contributed by atoms with Gasteiger partial charge in [0.15, 0.2) is 0 Å². The summed E-state index contributed by atoms with van der Waals surface area (Å²) in [5.41, 5.74) is -0.271. The van der Waals surface area contributed by atoms with Crippen molar-refractivity contribution in [1.29, 1.82) is 0 Å². The van der Waals surface area contributed by atoms with Gasteiger partial charge in [-0.05, 0) is 44.2 Å². The van der Waals surface area contributed by atoms with E-state index >= 15 is 0 Å². The highest BCUT2D eigenvalue weighted by Crippen LogP contribution is 2.38. The molecule has 22 heavy (non-hydrogen) atoms. The Morgan fingerprint density at radius 2 is 2.09 bits per heavy atom. The largest absolute Gasteiger partial charge is 0.477 e. The number of carboxylic acids is 1. The van der Waals surface area contributed by atoms with Gasteiger partial charge >= 0.3 is 5.97 Å². The second-order valence-electron chi connectivity index (χ2n) is 6.18. The van der Waals surface area contributed by atoms with Gasteiger partial charge in [0.05, 0.1) is 5.60 Å². The predicted molar refractivity (Wildman–Crippen MR) is 79.4 cm³/mol. The Hall–Kier alpha value is -1.66. The van der Waals surface area contributed by atoms with Crippen LogP contribution in [0.1, 0.15) is 47.6 Å². The molecule has 0 amide bonds. The van der Waals surface area contributed by atoms with Gasteiger partial charge in [0.1, 0.15) is 5.56 Å². The molecule has 1 spiro atoms. The summed E-state index contributed by atoms with van der Waals surface area (Å²) >= 11 is 0. The highest BCUT2D eigenvalue weighted by Gasteiger charge is 2.40. The highest BCUT2D eigenvalue weighted by atomic mass is 16.5. The molecule has 120 valence electrons. The molecule has 6 heteroatoms. The van der Waals surface area contributed by atoms with E-state index in [1.165, 1.54) is 0 Å². The first-order valence-electron chi connectivity index (χ1n) is 7.69. The van der Waals surface area contributed by atoms with E-state index < -0.39 is 11.5 Å². The molecule has 0 aromatic carbocycles. The molecule has 1 atom stereocenters. The van der Waals surface area contributed by atoms with Gasteiger partial charge in [0, 0.05) is 32.1 Å². The van der Waals surface area contributed by atoms with Gasteiger partial charge in [-0.3, -0.25) is 4.79 Å². The van der Waals surface area contributed by atoms with Gasteiger partial charge in [0.2, 0.25) is 0 Å². The number of pyridine rings is 1. The van der Waals surface area contributed by atoms with Crippen LogP contribution in [0, 0.1) is 6.92 Å². The van der Waals surface area contributed by atoms with Crippen LogP contribution < -0.4 is 5.56 Å². The average molecular weight is 307 g/mol. The molecule has 3 rings (SSSR count). The summed E-state index contributed by atoms with van der Waals surface area (Å²) in [5, 5.41) is 9.26. The second kappa shape index (κ2) is 5.85. The van der Waals surface area contributed by atoms with Crippen LogP contribution in [-0.4, -0.2) is 41.1 Å². The number of rotatable bonds is 2. The number of aromatic nitrogens is 1. The van der Waals surface area contributed by atoms with Crippen molar-refractivity contribution in [3.05, 3.63) is 33.7 Å². The van der Waals surface area contributed by atoms with Crippen LogP contribution in [0.2, 0.25) is 0 Å². The minimum absolute atomic E-state index is 0.0157. The fourth-order valence-electron chi connectivity index (χ4n) is 3.52. The molecule has 6 nitrogen and oxygen atoms in total. The van der Waals surface area contributed by atoms with Gasteiger partial charge in [-0.15, -0.1) is 0 Å². The minimum Gasteiger partial charge on any atom is -0.477 e. The third kappa shape index (κ3) is 2.68. The summed E-state index contributed by atoms with van der Waals surface area (Å²) in [7, 11) is 0. The molecular weight excluding hydrogens is 286 g/mol. The monoisotopic (exact) mass is 307 g/mol. The average Bonchev–Trinajstić information content (AvgIpc) is 2.48. The molecule has 0 bridgehead atoms. The van der Waals surface area contributed by atoms with Crippen molar-refractivity contribution in [2.75, 3.05) is 19.8 Å². The lowest BCUT2D eigenvalue weighted by atomic mass is 9.84. The van der Waals surface area contributed by atoms with E-state index in [1.807, 2.05) is 0 Å². The lowest BCUT2D eigenvalue weighted by molar-refractivity contribution is -0.144. The molecule has 2 aliphatic rings. The van der Waals surface area contributed by atoms with Crippen molar-refractivity contribution >= 4 is 5.97 Å². The maximum Gasteiger partial charge on any atom is 0.341 e. The summed E-state index contributed by atoms with van der Waals surface area (Å²) in [6.07, 6.45) is 4.84. The summed E-state index contributed by atoms with van der Waals surface area (Å²) in [5.74, 6) is -1.16. The smallest absolute Gasteiger partial charge is 0.341 e. The zero-order chi connectivity index (χ0) is 15.7. The fourth-order valence-corrected chi connectivity index (χ4v) is 3.52. The molecule has 2 fully saturated rings. The molecule has 1 aromatic rings. The number of carboxylic acid groups (broad SMARTS) is 1. The van der Waals surface area contributed by atoms with E-state index in [0.717, 1.165) is 25.7 Å². The quantitative estimate of drug-likeness (QED) is 0.900. The number of ether oxygens (including phenoxy) is 2. The standard InChI is InChI=1S/C16H21NO5/c1-11-2-6-17(14(18)13(11)15(19)20)12-3-7-22-16(10-12)4-8-21-9-5-16/h2,6,12H,3-5,7-10H2,1H3,(H,19,20). The van der Waals surface area contributed by atoms with Gasteiger partial charge in [-0.25, -0.2) is 4.79 Å². The van der Waals surface area contributed by atoms with Crippen molar-refractivity contribution in [2.24, 2.45) is 0 Å². The van der Waals surface area contributed by atoms with E-state index in [1.54, 1.807) is 23.8 Å². The van der Waals surface area contributed by atoms with Gasteiger partial charge in [-0.2, -0.15) is 0 Å². The number of hydrogen-bond donors (Lipinski definition) is 1. The molecule has 2 saturated heterocycles. The lowest BCUT2D eigenvalue weighted by Crippen LogP contribution is -2.46. The Balaban J connectivity index is 1.92. The Kier molecular flexibility index (Phi) is 4.06. The maximum absolute atomic E-state index is 12.5. The van der Waals surface area contributed by atoms with Gasteiger partial charge in [-0.1, -0.05) is 0 Å². The third-order valence-electron chi connectivity index (χ3n) is 4.81. The first-order valence-corrected chi connectivity index (χ1v) is 7.69. The molecule has 2 aliphatic heterocycles.